The maximum absolute atomic E-state index is 14.2. The Kier molecular flexibility index (Phi) is 9.29. The Bertz CT molecular complexity index is 1980. The predicted molar refractivity (Wildman–Crippen MR) is 166 cm³/mol. The number of nitrogens with zero attached hydrogens (tertiary/aromatic N) is 5. The monoisotopic (exact) mass is 649 g/mol. The number of nitro benzene ring substituents is 1. The predicted octanol–water partition coefficient (Wildman–Crippen LogP) is 3.67. The third-order valence-corrected chi connectivity index (χ3v) is 8.72. The van der Waals surface area contributed by atoms with Crippen molar-refractivity contribution in [3.05, 3.63) is 101 Å². The van der Waals surface area contributed by atoms with Crippen LogP contribution in [-0.4, -0.2) is 53.4 Å². The Morgan fingerprint density at radius 2 is 1.80 bits per heavy atom. The maximum atomic E-state index is 14.2. The standard InChI is InChI=1S/C30H27N5O8S2/c1-6-43-28(37)24-16(2)33-30-34(25(24)18-13-20(40-3)26(42-5)21(14-18)41-4)27(36)23(45-30)15-17-12-19(35(38)39)8-9-22(17)44-29-31-10-7-11-32-29/h7-15,25H,6H2,1-5H3/b23-15+/t25-/m0/s1. The van der Waals surface area contributed by atoms with Crippen molar-refractivity contribution >= 4 is 40.8 Å². The quantitative estimate of drug-likeness (QED) is 0.107. The van der Waals surface area contributed by atoms with Crippen LogP contribution in [-0.2, 0) is 9.53 Å². The Morgan fingerprint density at radius 3 is 2.40 bits per heavy atom. The number of allylic oxidation sites excluding steroid dienone is 1. The van der Waals surface area contributed by atoms with Gasteiger partial charge in [0.05, 0.1) is 54.7 Å². The van der Waals surface area contributed by atoms with Crippen molar-refractivity contribution in [1.29, 1.82) is 0 Å². The fourth-order valence-electron chi connectivity index (χ4n) is 4.80. The third-order valence-electron chi connectivity index (χ3n) is 6.75. The summed E-state index contributed by atoms with van der Waals surface area (Å²) in [6.45, 7) is 3.47. The Labute approximate surface area is 264 Å². The Hall–Kier alpha value is -5.02. The van der Waals surface area contributed by atoms with Gasteiger partial charge < -0.3 is 18.9 Å². The highest BCUT2D eigenvalue weighted by Crippen LogP contribution is 2.42. The van der Waals surface area contributed by atoms with Crippen LogP contribution in [0.3, 0.4) is 0 Å². The molecule has 0 bridgehead atoms. The van der Waals surface area contributed by atoms with Crippen LogP contribution in [0.4, 0.5) is 5.69 Å². The molecule has 0 fully saturated rings. The number of hydrogen-bond donors (Lipinski definition) is 0. The summed E-state index contributed by atoms with van der Waals surface area (Å²) in [5.41, 5.74) is 0.818. The molecule has 15 heteroatoms. The summed E-state index contributed by atoms with van der Waals surface area (Å²) in [6, 6.07) is 8.39. The zero-order chi connectivity index (χ0) is 32.2. The zero-order valence-corrected chi connectivity index (χ0v) is 26.4. The van der Waals surface area contributed by atoms with Gasteiger partial charge in [0.25, 0.3) is 11.2 Å². The van der Waals surface area contributed by atoms with E-state index in [4.69, 9.17) is 18.9 Å². The first-order valence-electron chi connectivity index (χ1n) is 13.4. The van der Waals surface area contributed by atoms with Gasteiger partial charge in [-0.3, -0.25) is 19.5 Å². The van der Waals surface area contributed by atoms with Crippen LogP contribution in [0.1, 0.15) is 31.0 Å². The lowest BCUT2D eigenvalue weighted by Crippen LogP contribution is -2.40. The number of hydrogen-bond acceptors (Lipinski definition) is 13. The van der Waals surface area contributed by atoms with Crippen molar-refractivity contribution < 1.29 is 28.7 Å². The molecule has 1 atom stereocenters. The number of esters is 1. The summed E-state index contributed by atoms with van der Waals surface area (Å²) < 4.78 is 23.6. The van der Waals surface area contributed by atoms with E-state index in [0.717, 1.165) is 11.3 Å². The van der Waals surface area contributed by atoms with Gasteiger partial charge in [0.1, 0.15) is 0 Å². The summed E-state index contributed by atoms with van der Waals surface area (Å²) in [5.74, 6) is 0.362. The van der Waals surface area contributed by atoms with Gasteiger partial charge in [-0.15, -0.1) is 0 Å². The van der Waals surface area contributed by atoms with Gasteiger partial charge in [-0.05, 0) is 67.1 Å². The largest absolute Gasteiger partial charge is 0.493 e. The van der Waals surface area contributed by atoms with Crippen LogP contribution in [0, 0.1) is 10.1 Å². The second-order valence-corrected chi connectivity index (χ2v) is 11.4. The van der Waals surface area contributed by atoms with E-state index >= 15 is 0 Å². The van der Waals surface area contributed by atoms with E-state index in [2.05, 4.69) is 15.0 Å². The lowest BCUT2D eigenvalue weighted by Gasteiger charge is -2.26. The zero-order valence-electron chi connectivity index (χ0n) is 24.8. The molecule has 232 valence electrons. The number of carbonyl (C=O) groups excluding carboxylic acids is 1. The molecule has 0 saturated heterocycles. The highest BCUT2D eigenvalue weighted by atomic mass is 32.2. The van der Waals surface area contributed by atoms with E-state index in [9.17, 15) is 19.7 Å². The number of rotatable bonds is 10. The first kappa shape index (κ1) is 31.4. The van der Waals surface area contributed by atoms with Crippen LogP contribution in [0.25, 0.3) is 6.08 Å². The molecule has 5 rings (SSSR count). The van der Waals surface area contributed by atoms with Gasteiger partial charge in [0.15, 0.2) is 21.5 Å². The van der Waals surface area contributed by atoms with Gasteiger partial charge in [-0.2, -0.15) is 0 Å². The van der Waals surface area contributed by atoms with Crippen molar-refractivity contribution in [3.63, 3.8) is 0 Å². The number of methoxy groups -OCH3 is 3. The molecule has 0 aliphatic carbocycles. The molecule has 2 aromatic carbocycles. The molecule has 0 spiro atoms. The average molecular weight is 650 g/mol. The van der Waals surface area contributed by atoms with Crippen LogP contribution in [0.2, 0.25) is 0 Å². The van der Waals surface area contributed by atoms with Crippen LogP contribution < -0.4 is 29.1 Å². The minimum absolute atomic E-state index is 0.111. The average Bonchev–Trinajstić information content (AvgIpc) is 3.34. The van der Waals surface area contributed by atoms with E-state index in [1.165, 1.54) is 49.8 Å². The van der Waals surface area contributed by atoms with Gasteiger partial charge >= 0.3 is 5.97 Å². The number of nitro groups is 1. The number of fused-ring (bicyclic) bond motifs is 1. The number of ether oxygens (including phenoxy) is 4. The molecule has 0 saturated carbocycles. The lowest BCUT2D eigenvalue weighted by atomic mass is 9.95. The highest BCUT2D eigenvalue weighted by molar-refractivity contribution is 7.99. The number of benzene rings is 2. The number of thiazole rings is 1. The molecule has 45 heavy (non-hydrogen) atoms. The highest BCUT2D eigenvalue weighted by Gasteiger charge is 2.35. The molecule has 13 nitrogen and oxygen atoms in total. The fraction of sp³-hybridized carbons (Fsp3) is 0.233. The first-order chi connectivity index (χ1) is 21.7. The molecule has 0 amide bonds. The van der Waals surface area contributed by atoms with Gasteiger partial charge in [0, 0.05) is 29.4 Å². The van der Waals surface area contributed by atoms with Crippen molar-refractivity contribution in [2.24, 2.45) is 4.99 Å². The van der Waals surface area contributed by atoms with Gasteiger partial charge in [-0.1, -0.05) is 11.3 Å². The van der Waals surface area contributed by atoms with Crippen molar-refractivity contribution in [1.82, 2.24) is 14.5 Å². The van der Waals surface area contributed by atoms with E-state index < -0.39 is 22.5 Å². The van der Waals surface area contributed by atoms with Crippen LogP contribution in [0.5, 0.6) is 17.2 Å². The number of carbonyl (C=O) groups is 1. The minimum atomic E-state index is -0.965. The minimum Gasteiger partial charge on any atom is -0.493 e. The Morgan fingerprint density at radius 1 is 1.11 bits per heavy atom. The second kappa shape index (κ2) is 13.3. The topological polar surface area (TPSA) is 157 Å². The second-order valence-electron chi connectivity index (χ2n) is 9.37. The lowest BCUT2D eigenvalue weighted by molar-refractivity contribution is -0.384. The number of aromatic nitrogens is 3. The normalized spacial score (nSPS) is 14.4. The molecule has 0 radical (unpaired) electrons. The fourth-order valence-corrected chi connectivity index (χ4v) is 6.63. The third kappa shape index (κ3) is 6.17. The van der Waals surface area contributed by atoms with Crippen LogP contribution >= 0.6 is 23.1 Å². The molecule has 4 aromatic rings. The molecule has 1 aliphatic heterocycles. The SMILES string of the molecule is CCOC(=O)C1=C(C)N=c2s/c(=C/c3cc([N+](=O)[O-])ccc3Sc3ncccn3)c(=O)n2[C@H]1c1cc(OC)c(OC)c(OC)c1. The molecule has 2 aromatic heterocycles. The van der Waals surface area contributed by atoms with Crippen molar-refractivity contribution in [2.45, 2.75) is 29.9 Å². The molecule has 1 aliphatic rings. The maximum Gasteiger partial charge on any atom is 0.338 e. The van der Waals surface area contributed by atoms with Gasteiger partial charge in [-0.25, -0.2) is 19.8 Å². The summed E-state index contributed by atoms with van der Waals surface area (Å²) in [6.07, 6.45) is 4.74. The van der Waals surface area contributed by atoms with Crippen molar-refractivity contribution in [3.8, 4) is 17.2 Å². The summed E-state index contributed by atoms with van der Waals surface area (Å²) in [7, 11) is 4.41. The van der Waals surface area contributed by atoms with E-state index in [1.807, 2.05) is 0 Å². The van der Waals surface area contributed by atoms with E-state index in [-0.39, 0.29) is 22.4 Å². The molecule has 3 heterocycles. The summed E-state index contributed by atoms with van der Waals surface area (Å²) in [4.78, 5) is 52.7. The molecular formula is C30H27N5O8S2. The van der Waals surface area contributed by atoms with E-state index in [0.29, 0.717) is 48.9 Å². The molecular weight excluding hydrogens is 622 g/mol. The number of non-ortho nitro benzene ring substituents is 1. The van der Waals surface area contributed by atoms with E-state index in [1.54, 1.807) is 56.6 Å². The molecule has 0 unspecified atom stereocenters. The van der Waals surface area contributed by atoms with Crippen molar-refractivity contribution in [2.75, 3.05) is 27.9 Å². The summed E-state index contributed by atoms with van der Waals surface area (Å²) in [5, 5.41) is 12.1. The smallest absolute Gasteiger partial charge is 0.338 e. The first-order valence-corrected chi connectivity index (χ1v) is 15.1. The van der Waals surface area contributed by atoms with Crippen LogP contribution in [0.15, 0.2) is 79.9 Å². The van der Waals surface area contributed by atoms with Gasteiger partial charge in [0.2, 0.25) is 5.75 Å². The molecule has 0 N–H and O–H groups in total. The Balaban J connectivity index is 1.75. The summed E-state index contributed by atoms with van der Waals surface area (Å²) >= 11 is 2.29.